The highest BCUT2D eigenvalue weighted by molar-refractivity contribution is 6.35. The Balaban J connectivity index is 2.74. The van der Waals surface area contributed by atoms with Gasteiger partial charge in [-0.2, -0.15) is 0 Å². The molecule has 0 spiro atoms. The summed E-state index contributed by atoms with van der Waals surface area (Å²) in [6, 6.07) is 5.66. The van der Waals surface area contributed by atoms with Gasteiger partial charge in [-0.15, -0.1) is 0 Å². The maximum Gasteiger partial charge on any atom is 0.0920 e. The molecule has 0 amide bonds. The minimum absolute atomic E-state index is 0.180. The molecule has 1 atom stereocenters. The third kappa shape index (κ3) is 4.19. The molecule has 0 saturated heterocycles. The molecular formula is C12H17Cl2N3. The van der Waals surface area contributed by atoms with Crippen LogP contribution in [-0.4, -0.2) is 23.8 Å². The maximum atomic E-state index is 7.28. The van der Waals surface area contributed by atoms with Gasteiger partial charge in [0.1, 0.15) is 0 Å². The summed E-state index contributed by atoms with van der Waals surface area (Å²) in [5, 5.41) is 8.61. The second kappa shape index (κ2) is 6.24. The van der Waals surface area contributed by atoms with Gasteiger partial charge in [0.05, 0.1) is 5.84 Å². The van der Waals surface area contributed by atoms with Crippen LogP contribution in [-0.2, 0) is 6.54 Å². The summed E-state index contributed by atoms with van der Waals surface area (Å²) in [7, 11) is 1.97. The van der Waals surface area contributed by atoms with Gasteiger partial charge in [-0.25, -0.2) is 0 Å². The summed E-state index contributed by atoms with van der Waals surface area (Å²) in [5.74, 6) is 0.189. The van der Waals surface area contributed by atoms with Crippen LogP contribution in [0.5, 0.6) is 0 Å². The van der Waals surface area contributed by atoms with Gasteiger partial charge in [0.25, 0.3) is 0 Å². The first-order valence-corrected chi connectivity index (χ1v) is 6.13. The van der Waals surface area contributed by atoms with Crippen molar-refractivity contribution < 1.29 is 0 Å². The van der Waals surface area contributed by atoms with Crippen molar-refractivity contribution in [3.05, 3.63) is 33.8 Å². The van der Waals surface area contributed by atoms with Gasteiger partial charge < -0.3 is 5.73 Å². The second-order valence-corrected chi connectivity index (χ2v) is 5.01. The molecule has 1 aromatic rings. The highest BCUT2D eigenvalue weighted by atomic mass is 35.5. The summed E-state index contributed by atoms with van der Waals surface area (Å²) in [4.78, 5) is 2.08. The summed E-state index contributed by atoms with van der Waals surface area (Å²) < 4.78 is 0. The van der Waals surface area contributed by atoms with Crippen LogP contribution in [0.25, 0.3) is 0 Å². The van der Waals surface area contributed by atoms with E-state index in [2.05, 4.69) is 4.90 Å². The molecule has 1 unspecified atom stereocenters. The number of hydrogen-bond donors (Lipinski definition) is 2. The van der Waals surface area contributed by atoms with Crippen LogP contribution in [0.1, 0.15) is 18.9 Å². The van der Waals surface area contributed by atoms with Gasteiger partial charge in [-0.1, -0.05) is 29.3 Å². The average Bonchev–Trinajstić information content (AvgIpc) is 2.22. The fraction of sp³-hybridized carbons (Fsp3) is 0.417. The Morgan fingerprint density at radius 1 is 1.41 bits per heavy atom. The average molecular weight is 274 g/mol. The minimum Gasteiger partial charge on any atom is -0.388 e. The zero-order valence-electron chi connectivity index (χ0n) is 10.0. The van der Waals surface area contributed by atoms with E-state index in [0.29, 0.717) is 23.0 Å². The number of nitrogens with two attached hydrogens (primary N) is 1. The third-order valence-electron chi connectivity index (χ3n) is 2.74. The third-order valence-corrected chi connectivity index (χ3v) is 3.45. The number of hydrogen-bond acceptors (Lipinski definition) is 2. The largest absolute Gasteiger partial charge is 0.388 e. The molecule has 3 nitrogen and oxygen atoms in total. The molecule has 5 heteroatoms. The fourth-order valence-corrected chi connectivity index (χ4v) is 2.08. The molecule has 0 heterocycles. The molecule has 17 heavy (non-hydrogen) atoms. The number of benzene rings is 1. The number of rotatable bonds is 5. The molecule has 0 fully saturated rings. The van der Waals surface area contributed by atoms with Crippen LogP contribution in [0, 0.1) is 5.41 Å². The lowest BCUT2D eigenvalue weighted by Crippen LogP contribution is -2.32. The lowest BCUT2D eigenvalue weighted by Gasteiger charge is -2.25. The van der Waals surface area contributed by atoms with E-state index in [-0.39, 0.29) is 11.9 Å². The van der Waals surface area contributed by atoms with Crippen LogP contribution in [0.15, 0.2) is 18.2 Å². The molecule has 1 aromatic carbocycles. The molecule has 0 aromatic heterocycles. The van der Waals surface area contributed by atoms with Gasteiger partial charge in [0, 0.05) is 34.6 Å². The molecule has 0 aliphatic carbocycles. The molecule has 0 bridgehead atoms. The van der Waals surface area contributed by atoms with Crippen molar-refractivity contribution in [1.82, 2.24) is 4.90 Å². The second-order valence-electron chi connectivity index (χ2n) is 4.19. The highest BCUT2D eigenvalue weighted by Crippen LogP contribution is 2.26. The van der Waals surface area contributed by atoms with Crippen LogP contribution >= 0.6 is 23.2 Å². The molecule has 0 radical (unpaired) electrons. The predicted molar refractivity (Wildman–Crippen MR) is 73.9 cm³/mol. The van der Waals surface area contributed by atoms with Crippen molar-refractivity contribution in [2.45, 2.75) is 25.9 Å². The van der Waals surface area contributed by atoms with Crippen molar-refractivity contribution in [3.8, 4) is 0 Å². The van der Waals surface area contributed by atoms with Crippen molar-refractivity contribution in [1.29, 1.82) is 5.41 Å². The van der Waals surface area contributed by atoms with E-state index in [1.165, 1.54) is 0 Å². The Kier molecular flexibility index (Phi) is 5.25. The first-order valence-electron chi connectivity index (χ1n) is 5.38. The zero-order valence-corrected chi connectivity index (χ0v) is 11.5. The number of nitrogens with one attached hydrogen (secondary N) is 1. The minimum atomic E-state index is 0.180. The predicted octanol–water partition coefficient (Wildman–Crippen LogP) is 3.14. The Labute approximate surface area is 112 Å². The topological polar surface area (TPSA) is 53.1 Å². The standard InChI is InChI=1S/C12H17Cl2N3/c1-8(6-12(15)16)17(2)7-9-10(13)4-3-5-11(9)14/h3-5,8H,6-7H2,1-2H3,(H3,15,16). The molecule has 0 aliphatic heterocycles. The normalized spacial score (nSPS) is 12.8. The zero-order chi connectivity index (χ0) is 13.0. The number of halogens is 2. The Morgan fingerprint density at radius 2 is 1.94 bits per heavy atom. The maximum absolute atomic E-state index is 7.28. The highest BCUT2D eigenvalue weighted by Gasteiger charge is 2.14. The van der Waals surface area contributed by atoms with E-state index in [1.54, 1.807) is 0 Å². The first kappa shape index (κ1) is 14.3. The van der Waals surface area contributed by atoms with Crippen LogP contribution < -0.4 is 5.73 Å². The summed E-state index contributed by atoms with van der Waals surface area (Å²) >= 11 is 12.2. The number of amidine groups is 1. The molecule has 0 saturated carbocycles. The monoisotopic (exact) mass is 273 g/mol. The quantitative estimate of drug-likeness (QED) is 0.640. The summed E-state index contributed by atoms with van der Waals surface area (Å²) in [6.45, 7) is 2.67. The first-order chi connectivity index (χ1) is 7.91. The molecule has 94 valence electrons. The molecule has 3 N–H and O–H groups in total. The van der Waals surface area contributed by atoms with Gasteiger partial charge in [0.15, 0.2) is 0 Å². The Hall–Kier alpha value is -0.770. The smallest absolute Gasteiger partial charge is 0.0920 e. The van der Waals surface area contributed by atoms with Crippen LogP contribution in [0.2, 0.25) is 10.0 Å². The van der Waals surface area contributed by atoms with Crippen molar-refractivity contribution in [3.63, 3.8) is 0 Å². The SMILES string of the molecule is CC(CC(=N)N)N(C)Cc1c(Cl)cccc1Cl. The van der Waals surface area contributed by atoms with Crippen LogP contribution in [0.4, 0.5) is 0 Å². The van der Waals surface area contributed by atoms with Crippen molar-refractivity contribution in [2.24, 2.45) is 5.73 Å². The van der Waals surface area contributed by atoms with E-state index in [9.17, 15) is 0 Å². The fourth-order valence-electron chi connectivity index (χ4n) is 1.56. The molecular weight excluding hydrogens is 257 g/mol. The van der Waals surface area contributed by atoms with Gasteiger partial charge in [0.2, 0.25) is 0 Å². The van der Waals surface area contributed by atoms with E-state index in [4.69, 9.17) is 34.3 Å². The summed E-state index contributed by atoms with van der Waals surface area (Å²) in [6.07, 6.45) is 0.540. The van der Waals surface area contributed by atoms with Gasteiger partial charge in [-0.3, -0.25) is 10.3 Å². The summed E-state index contributed by atoms with van der Waals surface area (Å²) in [5.41, 5.74) is 6.30. The Bertz CT molecular complexity index is 386. The molecule has 0 aliphatic rings. The van der Waals surface area contributed by atoms with Crippen molar-refractivity contribution in [2.75, 3.05) is 7.05 Å². The molecule has 1 rings (SSSR count). The van der Waals surface area contributed by atoms with E-state index < -0.39 is 0 Å². The van der Waals surface area contributed by atoms with E-state index in [1.807, 2.05) is 32.2 Å². The van der Waals surface area contributed by atoms with Crippen LogP contribution in [0.3, 0.4) is 0 Å². The lowest BCUT2D eigenvalue weighted by atomic mass is 10.1. The van der Waals surface area contributed by atoms with Crippen molar-refractivity contribution >= 4 is 29.0 Å². The van der Waals surface area contributed by atoms with E-state index in [0.717, 1.165) is 5.56 Å². The number of nitrogens with zero attached hydrogens (tertiary/aromatic N) is 1. The Morgan fingerprint density at radius 3 is 2.41 bits per heavy atom. The van der Waals surface area contributed by atoms with Gasteiger partial charge in [-0.05, 0) is 26.1 Å². The van der Waals surface area contributed by atoms with Gasteiger partial charge >= 0.3 is 0 Å². The lowest BCUT2D eigenvalue weighted by molar-refractivity contribution is 0.254. The van der Waals surface area contributed by atoms with E-state index >= 15 is 0 Å².